The Bertz CT molecular complexity index is 306. The van der Waals surface area contributed by atoms with Crippen molar-refractivity contribution in [1.29, 1.82) is 0 Å². The molecule has 0 aliphatic rings. The van der Waals surface area contributed by atoms with E-state index in [0.717, 1.165) is 12.1 Å². The van der Waals surface area contributed by atoms with Crippen molar-refractivity contribution in [2.24, 2.45) is 7.05 Å². The van der Waals surface area contributed by atoms with Crippen molar-refractivity contribution in [1.82, 2.24) is 15.3 Å². The Morgan fingerprint density at radius 3 is 3.00 bits per heavy atom. The van der Waals surface area contributed by atoms with Gasteiger partial charge in [-0.15, -0.1) is 0 Å². The summed E-state index contributed by atoms with van der Waals surface area (Å²) < 4.78 is 1.69. The number of nitrogens with one attached hydrogen (secondary N) is 1. The number of hydrogen-bond acceptors (Lipinski definition) is 3. The lowest BCUT2D eigenvalue weighted by molar-refractivity contribution is 0.0536. The highest BCUT2D eigenvalue weighted by Gasteiger charge is 2.13. The summed E-state index contributed by atoms with van der Waals surface area (Å²) in [6.45, 7) is 1.97. The van der Waals surface area contributed by atoms with E-state index in [1.54, 1.807) is 4.68 Å². The van der Waals surface area contributed by atoms with Crippen molar-refractivity contribution in [3.8, 4) is 0 Å². The first-order valence-electron chi connectivity index (χ1n) is 4.04. The van der Waals surface area contributed by atoms with E-state index in [-0.39, 0.29) is 5.91 Å². The molecule has 0 bridgehead atoms. The Morgan fingerprint density at radius 2 is 2.46 bits per heavy atom. The molecule has 5 heteroatoms. The zero-order valence-electron chi connectivity index (χ0n) is 8.00. The van der Waals surface area contributed by atoms with Gasteiger partial charge in [0, 0.05) is 7.05 Å². The third-order valence-corrected chi connectivity index (χ3v) is 1.84. The van der Waals surface area contributed by atoms with Crippen LogP contribution < -0.4 is 5.48 Å². The fraction of sp³-hybridized carbons (Fsp3) is 0.500. The highest BCUT2D eigenvalue weighted by molar-refractivity contribution is 5.94. The standard InChI is InChI=1S/C8H13N3O2/c1-4-7-6(5-9-11(7)2)8(12)10-13-3/h5H,4H2,1-3H3,(H,10,12). The minimum atomic E-state index is -0.257. The summed E-state index contributed by atoms with van der Waals surface area (Å²) >= 11 is 0. The first kappa shape index (κ1) is 9.73. The van der Waals surface area contributed by atoms with Crippen LogP contribution >= 0.6 is 0 Å². The zero-order valence-corrected chi connectivity index (χ0v) is 8.00. The van der Waals surface area contributed by atoms with E-state index in [2.05, 4.69) is 15.4 Å². The lowest BCUT2D eigenvalue weighted by Gasteiger charge is -2.02. The highest BCUT2D eigenvalue weighted by Crippen LogP contribution is 2.07. The third kappa shape index (κ3) is 1.86. The second-order valence-electron chi connectivity index (χ2n) is 2.62. The van der Waals surface area contributed by atoms with Gasteiger partial charge in [0.25, 0.3) is 5.91 Å². The Hall–Kier alpha value is -1.36. The van der Waals surface area contributed by atoms with Gasteiger partial charge in [0.15, 0.2) is 0 Å². The second-order valence-corrected chi connectivity index (χ2v) is 2.62. The molecule has 0 unspecified atom stereocenters. The normalized spacial score (nSPS) is 10.1. The number of aromatic nitrogens is 2. The van der Waals surface area contributed by atoms with Crippen LogP contribution in [0.5, 0.6) is 0 Å². The molecule has 1 amide bonds. The Morgan fingerprint density at radius 1 is 1.77 bits per heavy atom. The predicted molar refractivity (Wildman–Crippen MR) is 47.1 cm³/mol. The lowest BCUT2D eigenvalue weighted by atomic mass is 10.2. The fourth-order valence-corrected chi connectivity index (χ4v) is 1.22. The lowest BCUT2D eigenvalue weighted by Crippen LogP contribution is -2.22. The quantitative estimate of drug-likeness (QED) is 0.684. The summed E-state index contributed by atoms with van der Waals surface area (Å²) in [6.07, 6.45) is 2.30. The van der Waals surface area contributed by atoms with Crippen LogP contribution in [0.25, 0.3) is 0 Å². The van der Waals surface area contributed by atoms with Crippen molar-refractivity contribution >= 4 is 5.91 Å². The van der Waals surface area contributed by atoms with Gasteiger partial charge < -0.3 is 0 Å². The second kappa shape index (κ2) is 4.04. The number of carbonyl (C=O) groups excluding carboxylic acids is 1. The van der Waals surface area contributed by atoms with E-state index in [1.807, 2.05) is 14.0 Å². The minimum absolute atomic E-state index is 0.257. The number of hydrogen-bond donors (Lipinski definition) is 1. The molecule has 0 atom stereocenters. The average Bonchev–Trinajstić information content (AvgIpc) is 2.47. The average molecular weight is 183 g/mol. The summed E-state index contributed by atoms with van der Waals surface area (Å²) in [4.78, 5) is 15.9. The van der Waals surface area contributed by atoms with Crippen LogP contribution in [0.1, 0.15) is 23.0 Å². The van der Waals surface area contributed by atoms with Crippen molar-refractivity contribution in [2.45, 2.75) is 13.3 Å². The van der Waals surface area contributed by atoms with Crippen molar-refractivity contribution in [3.63, 3.8) is 0 Å². The smallest absolute Gasteiger partial charge is 0.277 e. The number of carbonyl (C=O) groups is 1. The number of nitrogens with zero attached hydrogens (tertiary/aromatic N) is 2. The summed E-state index contributed by atoms with van der Waals surface area (Å²) in [5, 5.41) is 3.99. The maximum Gasteiger partial charge on any atom is 0.278 e. The number of rotatable bonds is 3. The molecule has 0 aliphatic carbocycles. The van der Waals surface area contributed by atoms with Gasteiger partial charge in [-0.25, -0.2) is 5.48 Å². The Labute approximate surface area is 76.6 Å². The van der Waals surface area contributed by atoms with Crippen LogP contribution in [0.4, 0.5) is 0 Å². The Kier molecular flexibility index (Phi) is 3.02. The maximum atomic E-state index is 11.3. The molecule has 0 saturated heterocycles. The summed E-state index contributed by atoms with van der Waals surface area (Å²) in [5.74, 6) is -0.257. The molecule has 1 aromatic heterocycles. The molecule has 0 fully saturated rings. The summed E-state index contributed by atoms with van der Waals surface area (Å²) in [5.41, 5.74) is 3.72. The van der Waals surface area contributed by atoms with Crippen molar-refractivity contribution in [3.05, 3.63) is 17.5 Å². The van der Waals surface area contributed by atoms with E-state index in [4.69, 9.17) is 0 Å². The number of amides is 1. The van der Waals surface area contributed by atoms with Gasteiger partial charge in [-0.3, -0.25) is 14.3 Å². The minimum Gasteiger partial charge on any atom is -0.277 e. The van der Waals surface area contributed by atoms with Crippen LogP contribution in [-0.4, -0.2) is 22.8 Å². The molecule has 5 nitrogen and oxygen atoms in total. The summed E-state index contributed by atoms with van der Waals surface area (Å²) in [6, 6.07) is 0. The molecule has 0 radical (unpaired) electrons. The molecule has 1 aromatic rings. The van der Waals surface area contributed by atoms with E-state index < -0.39 is 0 Å². The topological polar surface area (TPSA) is 56.1 Å². The van der Waals surface area contributed by atoms with Gasteiger partial charge in [0.1, 0.15) is 0 Å². The zero-order chi connectivity index (χ0) is 9.84. The van der Waals surface area contributed by atoms with Crippen LogP contribution in [0.15, 0.2) is 6.20 Å². The highest BCUT2D eigenvalue weighted by atomic mass is 16.6. The molecule has 0 spiro atoms. The first-order chi connectivity index (χ1) is 6.20. The fourth-order valence-electron chi connectivity index (χ4n) is 1.22. The van der Waals surface area contributed by atoms with E-state index in [0.29, 0.717) is 5.56 Å². The van der Waals surface area contributed by atoms with Crippen LogP contribution in [0.2, 0.25) is 0 Å². The number of hydroxylamine groups is 1. The van der Waals surface area contributed by atoms with Crippen LogP contribution in [0, 0.1) is 0 Å². The van der Waals surface area contributed by atoms with Crippen LogP contribution in [-0.2, 0) is 18.3 Å². The molecular formula is C8H13N3O2. The number of aryl methyl sites for hydroxylation is 1. The third-order valence-electron chi connectivity index (χ3n) is 1.84. The van der Waals surface area contributed by atoms with Gasteiger partial charge in [0.2, 0.25) is 0 Å². The van der Waals surface area contributed by atoms with Crippen molar-refractivity contribution in [2.75, 3.05) is 7.11 Å². The molecule has 72 valence electrons. The molecule has 0 aromatic carbocycles. The molecular weight excluding hydrogens is 170 g/mol. The van der Waals surface area contributed by atoms with E-state index in [9.17, 15) is 4.79 Å². The SMILES string of the molecule is CCc1c(C(=O)NOC)cnn1C. The van der Waals surface area contributed by atoms with Crippen molar-refractivity contribution < 1.29 is 9.63 Å². The van der Waals surface area contributed by atoms with E-state index in [1.165, 1.54) is 13.3 Å². The van der Waals surface area contributed by atoms with Gasteiger partial charge in [-0.1, -0.05) is 6.92 Å². The largest absolute Gasteiger partial charge is 0.278 e. The molecule has 1 heterocycles. The molecule has 0 saturated carbocycles. The van der Waals surface area contributed by atoms with Crippen LogP contribution in [0.3, 0.4) is 0 Å². The monoisotopic (exact) mass is 183 g/mol. The molecule has 13 heavy (non-hydrogen) atoms. The van der Waals surface area contributed by atoms with E-state index >= 15 is 0 Å². The molecule has 1 N–H and O–H groups in total. The predicted octanol–water partition coefficient (Wildman–Crippen LogP) is 0.274. The molecule has 1 rings (SSSR count). The maximum absolute atomic E-state index is 11.3. The van der Waals surface area contributed by atoms with Gasteiger partial charge >= 0.3 is 0 Å². The summed E-state index contributed by atoms with van der Waals surface area (Å²) in [7, 11) is 3.21. The Balaban J connectivity index is 2.93. The molecule has 0 aliphatic heterocycles. The first-order valence-corrected chi connectivity index (χ1v) is 4.04. The van der Waals surface area contributed by atoms with Gasteiger partial charge in [-0.2, -0.15) is 5.10 Å². The van der Waals surface area contributed by atoms with Gasteiger partial charge in [0.05, 0.1) is 24.6 Å². The van der Waals surface area contributed by atoms with Gasteiger partial charge in [-0.05, 0) is 6.42 Å².